The van der Waals surface area contributed by atoms with Crippen LogP contribution in [0.5, 0.6) is 5.75 Å². The molecule has 0 bridgehead atoms. The number of ether oxygens (including phenoxy) is 2. The molecule has 0 radical (unpaired) electrons. The van der Waals surface area contributed by atoms with Gasteiger partial charge in [-0.25, -0.2) is 9.18 Å². The molecule has 1 fully saturated rings. The van der Waals surface area contributed by atoms with Crippen molar-refractivity contribution in [2.45, 2.75) is 13.0 Å². The highest BCUT2D eigenvalue weighted by molar-refractivity contribution is 5.74. The molecule has 1 heterocycles. The number of nitrogens with one attached hydrogen (secondary N) is 1. The lowest BCUT2D eigenvalue weighted by molar-refractivity contribution is 0.0357. The van der Waals surface area contributed by atoms with Gasteiger partial charge in [0.1, 0.15) is 0 Å². The summed E-state index contributed by atoms with van der Waals surface area (Å²) >= 11 is 0. The van der Waals surface area contributed by atoms with Crippen LogP contribution in [0.3, 0.4) is 0 Å². The largest absolute Gasteiger partial charge is 0.494 e. The summed E-state index contributed by atoms with van der Waals surface area (Å²) in [6.07, 6.45) is 0. The normalized spacial score (nSPS) is 16.5. The zero-order valence-electron chi connectivity index (χ0n) is 14.5. The van der Waals surface area contributed by atoms with E-state index in [4.69, 9.17) is 9.47 Å². The van der Waals surface area contributed by atoms with Crippen molar-refractivity contribution in [2.75, 3.05) is 53.6 Å². The molecule has 2 amide bonds. The summed E-state index contributed by atoms with van der Waals surface area (Å²) in [6, 6.07) is 4.24. The first-order chi connectivity index (χ1) is 11.5. The number of rotatable bonds is 6. The molecule has 1 aromatic rings. The second kappa shape index (κ2) is 8.84. The lowest BCUT2D eigenvalue weighted by Gasteiger charge is -2.29. The van der Waals surface area contributed by atoms with Gasteiger partial charge < -0.3 is 19.7 Å². The molecule has 0 saturated carbocycles. The maximum absolute atomic E-state index is 13.8. The number of urea groups is 1. The van der Waals surface area contributed by atoms with Gasteiger partial charge in [-0.05, 0) is 24.6 Å². The van der Waals surface area contributed by atoms with Crippen molar-refractivity contribution >= 4 is 6.03 Å². The highest BCUT2D eigenvalue weighted by Gasteiger charge is 2.16. The van der Waals surface area contributed by atoms with E-state index in [1.807, 2.05) is 6.92 Å². The number of nitrogens with zero attached hydrogens (tertiary/aromatic N) is 2. The lowest BCUT2D eigenvalue weighted by Crippen LogP contribution is -2.45. The van der Waals surface area contributed by atoms with Gasteiger partial charge in [-0.15, -0.1) is 0 Å². The van der Waals surface area contributed by atoms with Gasteiger partial charge in [-0.2, -0.15) is 0 Å². The maximum Gasteiger partial charge on any atom is 0.317 e. The minimum absolute atomic E-state index is 0.174. The lowest BCUT2D eigenvalue weighted by atomic mass is 10.1. The summed E-state index contributed by atoms with van der Waals surface area (Å²) in [5.41, 5.74) is 0.697. The molecule has 134 valence electrons. The summed E-state index contributed by atoms with van der Waals surface area (Å²) < 4.78 is 24.0. The molecule has 1 atom stereocenters. The summed E-state index contributed by atoms with van der Waals surface area (Å²) in [4.78, 5) is 16.2. The molecule has 1 N–H and O–H groups in total. The number of carbonyl (C=O) groups is 1. The number of methoxy groups -OCH3 is 1. The third-order valence-corrected chi connectivity index (χ3v) is 4.22. The van der Waals surface area contributed by atoms with Gasteiger partial charge in [0.05, 0.1) is 26.4 Å². The predicted molar refractivity (Wildman–Crippen MR) is 89.8 cm³/mol. The summed E-state index contributed by atoms with van der Waals surface area (Å²) in [7, 11) is 3.18. The Morgan fingerprint density at radius 1 is 1.46 bits per heavy atom. The van der Waals surface area contributed by atoms with Gasteiger partial charge in [0.15, 0.2) is 11.6 Å². The zero-order valence-corrected chi connectivity index (χ0v) is 14.5. The van der Waals surface area contributed by atoms with E-state index in [0.29, 0.717) is 12.1 Å². The molecule has 0 aromatic heterocycles. The topological polar surface area (TPSA) is 54.0 Å². The van der Waals surface area contributed by atoms with Gasteiger partial charge in [0.25, 0.3) is 0 Å². The molecule has 1 aliphatic rings. The van der Waals surface area contributed by atoms with Crippen LogP contribution in [0.15, 0.2) is 18.2 Å². The minimum atomic E-state index is -0.434. The van der Waals surface area contributed by atoms with E-state index in [2.05, 4.69) is 10.2 Å². The number of amides is 2. The van der Waals surface area contributed by atoms with Crippen LogP contribution in [0.1, 0.15) is 18.5 Å². The molecule has 1 unspecified atom stereocenters. The van der Waals surface area contributed by atoms with Crippen LogP contribution in [-0.2, 0) is 4.74 Å². The molecule has 0 spiro atoms. The van der Waals surface area contributed by atoms with E-state index in [1.165, 1.54) is 13.2 Å². The van der Waals surface area contributed by atoms with Gasteiger partial charge in [-0.3, -0.25) is 4.90 Å². The van der Waals surface area contributed by atoms with Crippen LogP contribution < -0.4 is 10.1 Å². The van der Waals surface area contributed by atoms with Crippen molar-refractivity contribution in [3.05, 3.63) is 29.6 Å². The number of halogens is 1. The van der Waals surface area contributed by atoms with Crippen molar-refractivity contribution < 1.29 is 18.7 Å². The first kappa shape index (κ1) is 18.5. The molecule has 6 nitrogen and oxygen atoms in total. The van der Waals surface area contributed by atoms with Crippen LogP contribution in [0.2, 0.25) is 0 Å². The number of hydrogen-bond acceptors (Lipinski definition) is 4. The number of carbonyl (C=O) groups excluding carboxylic acids is 1. The standard InChI is InChI=1S/C17H26FN3O3/c1-13(14-4-5-16(23-3)15(18)12-14)19-17(22)20(2)6-7-21-8-10-24-11-9-21/h4-5,12-13H,6-11H2,1-3H3,(H,19,22). The zero-order chi connectivity index (χ0) is 17.5. The summed E-state index contributed by atoms with van der Waals surface area (Å²) in [6.45, 7) is 6.57. The van der Waals surface area contributed by atoms with E-state index in [9.17, 15) is 9.18 Å². The van der Waals surface area contributed by atoms with E-state index < -0.39 is 5.82 Å². The molecular formula is C17H26FN3O3. The Bertz CT molecular complexity index is 550. The molecule has 1 aliphatic heterocycles. The van der Waals surface area contributed by atoms with Crippen LogP contribution in [0.4, 0.5) is 9.18 Å². The Kier molecular flexibility index (Phi) is 6.81. The van der Waals surface area contributed by atoms with Crippen molar-refractivity contribution in [3.63, 3.8) is 0 Å². The minimum Gasteiger partial charge on any atom is -0.494 e. The van der Waals surface area contributed by atoms with Crippen LogP contribution >= 0.6 is 0 Å². The Morgan fingerprint density at radius 2 is 2.17 bits per heavy atom. The van der Waals surface area contributed by atoms with Crippen LogP contribution in [0.25, 0.3) is 0 Å². The van der Waals surface area contributed by atoms with Gasteiger partial charge in [0, 0.05) is 33.2 Å². The van der Waals surface area contributed by atoms with Crippen molar-refractivity contribution in [1.82, 2.24) is 15.1 Å². The smallest absolute Gasteiger partial charge is 0.317 e. The third-order valence-electron chi connectivity index (χ3n) is 4.22. The molecule has 1 aromatic carbocycles. The second-order valence-corrected chi connectivity index (χ2v) is 5.94. The third kappa shape index (κ3) is 5.07. The Balaban J connectivity index is 1.82. The Morgan fingerprint density at radius 3 is 2.79 bits per heavy atom. The summed E-state index contributed by atoms with van der Waals surface area (Å²) in [5.74, 6) is -0.239. The van der Waals surface area contributed by atoms with E-state index in [0.717, 1.165) is 32.8 Å². The Labute approximate surface area is 142 Å². The van der Waals surface area contributed by atoms with E-state index >= 15 is 0 Å². The first-order valence-corrected chi connectivity index (χ1v) is 8.16. The number of morpholine rings is 1. The predicted octanol–water partition coefficient (Wildman–Crippen LogP) is 1.87. The first-order valence-electron chi connectivity index (χ1n) is 8.16. The fourth-order valence-corrected chi connectivity index (χ4v) is 2.55. The van der Waals surface area contributed by atoms with Gasteiger partial charge in [-0.1, -0.05) is 6.07 Å². The second-order valence-electron chi connectivity index (χ2n) is 5.94. The van der Waals surface area contributed by atoms with Crippen LogP contribution in [-0.4, -0.2) is 69.4 Å². The van der Waals surface area contributed by atoms with Crippen molar-refractivity contribution in [3.8, 4) is 5.75 Å². The quantitative estimate of drug-likeness (QED) is 0.860. The average Bonchev–Trinajstić information content (AvgIpc) is 2.60. The van der Waals surface area contributed by atoms with Gasteiger partial charge in [0.2, 0.25) is 0 Å². The summed E-state index contributed by atoms with van der Waals surface area (Å²) in [5, 5.41) is 2.88. The fraction of sp³-hybridized carbons (Fsp3) is 0.588. The molecule has 0 aliphatic carbocycles. The van der Waals surface area contributed by atoms with Gasteiger partial charge >= 0.3 is 6.03 Å². The molecule has 24 heavy (non-hydrogen) atoms. The molecule has 2 rings (SSSR count). The van der Waals surface area contributed by atoms with Crippen molar-refractivity contribution in [2.24, 2.45) is 0 Å². The molecule has 1 saturated heterocycles. The fourth-order valence-electron chi connectivity index (χ4n) is 2.55. The van der Waals surface area contributed by atoms with E-state index in [-0.39, 0.29) is 17.8 Å². The molecular weight excluding hydrogens is 313 g/mol. The van der Waals surface area contributed by atoms with Crippen LogP contribution in [0, 0.1) is 5.82 Å². The molecule has 7 heteroatoms. The Hall–Kier alpha value is -1.86. The average molecular weight is 339 g/mol. The number of likely N-dealkylation sites (N-methyl/N-ethyl adjacent to an activating group) is 1. The number of benzene rings is 1. The highest BCUT2D eigenvalue weighted by atomic mass is 19.1. The number of hydrogen-bond donors (Lipinski definition) is 1. The SMILES string of the molecule is COc1ccc(C(C)NC(=O)N(C)CCN2CCOCC2)cc1F. The monoisotopic (exact) mass is 339 g/mol. The van der Waals surface area contributed by atoms with E-state index in [1.54, 1.807) is 24.1 Å². The maximum atomic E-state index is 13.8. The highest BCUT2D eigenvalue weighted by Crippen LogP contribution is 2.21. The van der Waals surface area contributed by atoms with Crippen molar-refractivity contribution in [1.29, 1.82) is 0 Å².